The van der Waals surface area contributed by atoms with Crippen LogP contribution in [0.3, 0.4) is 0 Å². The maximum absolute atomic E-state index is 12.6. The van der Waals surface area contributed by atoms with Gasteiger partial charge in [0, 0.05) is 31.0 Å². The minimum Gasteiger partial charge on any atom is -0.478 e. The van der Waals surface area contributed by atoms with E-state index in [9.17, 15) is 14.7 Å². The molecule has 158 valence electrons. The average Bonchev–Trinajstić information content (AvgIpc) is 3.26. The summed E-state index contributed by atoms with van der Waals surface area (Å²) in [6.07, 6.45) is 2.02. The van der Waals surface area contributed by atoms with Crippen molar-refractivity contribution in [2.24, 2.45) is 0 Å². The molecule has 1 saturated heterocycles. The van der Waals surface area contributed by atoms with Crippen molar-refractivity contribution in [2.75, 3.05) is 18.0 Å². The molecule has 2 atom stereocenters. The second-order valence-corrected chi connectivity index (χ2v) is 9.19. The first-order valence-corrected chi connectivity index (χ1v) is 11.0. The molecule has 3 aromatic rings. The molecule has 0 bridgehead atoms. The van der Waals surface area contributed by atoms with Gasteiger partial charge in [-0.2, -0.15) is 4.98 Å². The highest BCUT2D eigenvalue weighted by Crippen LogP contribution is 2.33. The van der Waals surface area contributed by atoms with Crippen molar-refractivity contribution in [3.63, 3.8) is 0 Å². The number of nitrogens with one attached hydrogen (secondary N) is 2. The third-order valence-electron chi connectivity index (χ3n) is 4.92. The summed E-state index contributed by atoms with van der Waals surface area (Å²) in [5, 5.41) is 13.0. The van der Waals surface area contributed by atoms with Gasteiger partial charge in [0.15, 0.2) is 10.8 Å². The Balaban J connectivity index is 1.47. The summed E-state index contributed by atoms with van der Waals surface area (Å²) in [6, 6.07) is 1.19. The van der Waals surface area contributed by atoms with Gasteiger partial charge >= 0.3 is 5.97 Å². The number of aromatic nitrogens is 3. The molecular formula is C18H16Cl3N5O3S. The van der Waals surface area contributed by atoms with E-state index in [4.69, 9.17) is 34.8 Å². The fourth-order valence-corrected chi connectivity index (χ4v) is 5.17. The Morgan fingerprint density at radius 3 is 2.77 bits per heavy atom. The number of aromatic carboxylic acids is 1. The number of carboxylic acid groups (broad SMARTS) is 1. The number of hydrogen-bond acceptors (Lipinski definition) is 6. The summed E-state index contributed by atoms with van der Waals surface area (Å²) < 4.78 is 0.523. The molecule has 0 saturated carbocycles. The number of amides is 1. The molecule has 0 aliphatic carbocycles. The number of nitrogens with zero attached hydrogens (tertiary/aromatic N) is 3. The van der Waals surface area contributed by atoms with E-state index in [0.717, 1.165) is 0 Å². The Morgan fingerprint density at radius 1 is 1.37 bits per heavy atom. The SMILES string of the molecule is Cc1[nH]c(C(=O)NC2CCN(c3nc4nccc(C(=O)O)c4s3)CC2Cl)c(Cl)c1Cl. The molecule has 30 heavy (non-hydrogen) atoms. The molecule has 1 aliphatic rings. The van der Waals surface area contributed by atoms with Gasteiger partial charge in [-0.15, -0.1) is 11.6 Å². The molecule has 4 heterocycles. The number of H-pyrrole nitrogens is 1. The van der Waals surface area contributed by atoms with Crippen molar-refractivity contribution in [1.29, 1.82) is 0 Å². The highest BCUT2D eigenvalue weighted by atomic mass is 35.5. The molecule has 0 aromatic carbocycles. The number of halogens is 3. The fraction of sp³-hybridized carbons (Fsp3) is 0.333. The smallest absolute Gasteiger partial charge is 0.337 e. The van der Waals surface area contributed by atoms with Gasteiger partial charge in [-0.3, -0.25) is 4.79 Å². The Bertz CT molecular complexity index is 1150. The first-order valence-electron chi connectivity index (χ1n) is 8.98. The molecule has 8 nitrogen and oxygen atoms in total. The number of piperidine rings is 1. The van der Waals surface area contributed by atoms with Crippen LogP contribution in [0.25, 0.3) is 10.3 Å². The second-order valence-electron chi connectivity index (χ2n) is 6.90. The van der Waals surface area contributed by atoms with Gasteiger partial charge in [-0.1, -0.05) is 34.5 Å². The topological polar surface area (TPSA) is 111 Å². The van der Waals surface area contributed by atoms with Gasteiger partial charge < -0.3 is 20.3 Å². The minimum atomic E-state index is -1.02. The van der Waals surface area contributed by atoms with Gasteiger partial charge in [0.2, 0.25) is 0 Å². The Labute approximate surface area is 190 Å². The maximum atomic E-state index is 12.6. The number of fused-ring (bicyclic) bond motifs is 1. The summed E-state index contributed by atoms with van der Waals surface area (Å²) in [7, 11) is 0. The standard InChI is InChI=1S/C18H16Cl3N5O3S/c1-7-11(20)12(21)13(23-7)16(27)24-10-3-5-26(6-9(10)19)18-25-15-14(30-18)8(17(28)29)2-4-22-15/h2,4,9-10,23H,3,5-6H2,1H3,(H,24,27)(H,28,29). The molecule has 2 unspecified atom stereocenters. The zero-order chi connectivity index (χ0) is 21.6. The van der Waals surface area contributed by atoms with Crippen LogP contribution >= 0.6 is 46.1 Å². The lowest BCUT2D eigenvalue weighted by molar-refractivity contribution is 0.0698. The predicted molar refractivity (Wildman–Crippen MR) is 118 cm³/mol. The van der Waals surface area contributed by atoms with Gasteiger partial charge in [0.05, 0.1) is 25.7 Å². The lowest BCUT2D eigenvalue weighted by Crippen LogP contribution is -2.52. The van der Waals surface area contributed by atoms with E-state index in [1.807, 2.05) is 4.90 Å². The third kappa shape index (κ3) is 3.82. The van der Waals surface area contributed by atoms with Crippen LogP contribution in [0.1, 0.15) is 33.0 Å². The summed E-state index contributed by atoms with van der Waals surface area (Å²) in [6.45, 7) is 2.76. The Kier molecular flexibility index (Phi) is 5.80. The Hall–Kier alpha value is -2.07. The lowest BCUT2D eigenvalue weighted by Gasteiger charge is -2.35. The minimum absolute atomic E-state index is 0.171. The van der Waals surface area contributed by atoms with Crippen molar-refractivity contribution in [2.45, 2.75) is 24.8 Å². The Morgan fingerprint density at radius 2 is 2.13 bits per heavy atom. The van der Waals surface area contributed by atoms with Gasteiger partial charge in [0.1, 0.15) is 5.69 Å². The molecular weight excluding hydrogens is 473 g/mol. The van der Waals surface area contributed by atoms with Crippen LogP contribution in [0.5, 0.6) is 0 Å². The second kappa shape index (κ2) is 8.22. The number of carboxylic acids is 1. The number of aromatic amines is 1. The van der Waals surface area contributed by atoms with Crippen molar-refractivity contribution in [3.8, 4) is 0 Å². The van der Waals surface area contributed by atoms with Crippen LogP contribution in [0.2, 0.25) is 10.0 Å². The van der Waals surface area contributed by atoms with Crippen LogP contribution in [0, 0.1) is 6.92 Å². The van der Waals surface area contributed by atoms with Crippen LogP contribution in [-0.2, 0) is 0 Å². The van der Waals surface area contributed by atoms with Crippen LogP contribution in [0.4, 0.5) is 5.13 Å². The first kappa shape index (κ1) is 21.2. The van der Waals surface area contributed by atoms with Crippen molar-refractivity contribution in [1.82, 2.24) is 20.3 Å². The quantitative estimate of drug-likeness (QED) is 0.480. The molecule has 0 spiro atoms. The zero-order valence-electron chi connectivity index (χ0n) is 15.6. The number of alkyl halides is 1. The fourth-order valence-electron chi connectivity index (χ4n) is 3.34. The summed E-state index contributed by atoms with van der Waals surface area (Å²) in [4.78, 5) is 37.5. The predicted octanol–water partition coefficient (Wildman–Crippen LogP) is 3.95. The number of pyridine rings is 1. The zero-order valence-corrected chi connectivity index (χ0v) is 18.7. The van der Waals surface area contributed by atoms with Crippen molar-refractivity contribution in [3.05, 3.63) is 39.3 Å². The van der Waals surface area contributed by atoms with E-state index >= 15 is 0 Å². The number of anilines is 1. The molecule has 12 heteroatoms. The van der Waals surface area contributed by atoms with E-state index in [2.05, 4.69) is 20.3 Å². The molecule has 3 N–H and O–H groups in total. The lowest BCUT2D eigenvalue weighted by atomic mass is 10.0. The van der Waals surface area contributed by atoms with Crippen LogP contribution in [-0.4, -0.2) is 56.4 Å². The largest absolute Gasteiger partial charge is 0.478 e. The van der Waals surface area contributed by atoms with Gasteiger partial charge in [-0.25, -0.2) is 9.78 Å². The van der Waals surface area contributed by atoms with E-state index < -0.39 is 5.97 Å². The summed E-state index contributed by atoms with van der Waals surface area (Å²) >= 11 is 20.0. The highest BCUT2D eigenvalue weighted by Gasteiger charge is 2.32. The van der Waals surface area contributed by atoms with E-state index in [0.29, 0.717) is 45.7 Å². The van der Waals surface area contributed by atoms with E-state index in [1.54, 1.807) is 6.92 Å². The number of hydrogen-bond donors (Lipinski definition) is 3. The monoisotopic (exact) mass is 487 g/mol. The number of thiazole rings is 1. The van der Waals surface area contributed by atoms with Gasteiger partial charge in [0.25, 0.3) is 5.91 Å². The maximum Gasteiger partial charge on any atom is 0.337 e. The number of rotatable bonds is 4. The average molecular weight is 489 g/mol. The molecule has 4 rings (SSSR count). The highest BCUT2D eigenvalue weighted by molar-refractivity contribution is 7.22. The van der Waals surface area contributed by atoms with Crippen molar-refractivity contribution >= 4 is 73.5 Å². The van der Waals surface area contributed by atoms with E-state index in [1.165, 1.54) is 23.6 Å². The number of aryl methyl sites for hydroxylation is 1. The van der Waals surface area contributed by atoms with Crippen molar-refractivity contribution < 1.29 is 14.7 Å². The molecule has 1 fully saturated rings. The summed E-state index contributed by atoms with van der Waals surface area (Å²) in [5.41, 5.74) is 1.40. The van der Waals surface area contributed by atoms with Crippen LogP contribution < -0.4 is 10.2 Å². The van der Waals surface area contributed by atoms with Gasteiger partial charge in [-0.05, 0) is 19.4 Å². The third-order valence-corrected chi connectivity index (χ3v) is 7.45. The first-order chi connectivity index (χ1) is 14.3. The normalized spacial score (nSPS) is 19.3. The van der Waals surface area contributed by atoms with Crippen LogP contribution in [0.15, 0.2) is 12.3 Å². The van der Waals surface area contributed by atoms with E-state index in [-0.39, 0.29) is 33.6 Å². The molecule has 1 amide bonds. The molecule has 0 radical (unpaired) electrons. The molecule has 3 aromatic heterocycles. The molecule has 1 aliphatic heterocycles. The summed E-state index contributed by atoms with van der Waals surface area (Å²) in [5.74, 6) is -1.39. The number of carbonyl (C=O) groups is 2. The number of carbonyl (C=O) groups excluding carboxylic acids is 1.